The normalized spacial score (nSPS) is 24.0. The Kier molecular flexibility index (Phi) is 4.03. The summed E-state index contributed by atoms with van der Waals surface area (Å²) in [6, 6.07) is 4.31. The number of piperidine rings is 1. The summed E-state index contributed by atoms with van der Waals surface area (Å²) >= 11 is 1.03. The Balaban J connectivity index is 1.79. The molecule has 2 heterocycles. The third-order valence-electron chi connectivity index (χ3n) is 5.08. The van der Waals surface area contributed by atoms with E-state index >= 15 is 0 Å². The molecule has 4 rings (SSSR count). The first kappa shape index (κ1) is 18.0. The van der Waals surface area contributed by atoms with Crippen molar-refractivity contribution in [2.75, 3.05) is 0 Å². The van der Waals surface area contributed by atoms with Crippen LogP contribution in [0.25, 0.3) is 10.4 Å². The van der Waals surface area contributed by atoms with Crippen molar-refractivity contribution in [2.24, 2.45) is 11.7 Å². The number of aromatic nitrogens is 1. The number of alkyl halides is 3. The molecule has 2 amide bonds. The van der Waals surface area contributed by atoms with Crippen LogP contribution in [0, 0.1) is 12.8 Å². The quantitative estimate of drug-likeness (QED) is 0.867. The number of nitrogens with two attached hydrogens (primary N) is 1. The van der Waals surface area contributed by atoms with E-state index < -0.39 is 29.6 Å². The number of aryl methyl sites for hydroxylation is 1. The van der Waals surface area contributed by atoms with Crippen molar-refractivity contribution in [3.8, 4) is 10.4 Å². The number of carbonyl (C=O) groups excluding carboxylic acids is 2. The SMILES string of the molecule is Cc1nc(C(=O)N2[C@H](C(N)=O)C[C@@H]3C[C@@H]32)c(-c2ccccc2C(F)(F)F)s1. The molecule has 0 unspecified atom stereocenters. The molecule has 1 saturated carbocycles. The molecule has 1 aliphatic heterocycles. The van der Waals surface area contributed by atoms with E-state index in [0.717, 1.165) is 23.8 Å². The second-order valence-corrected chi connectivity index (χ2v) is 8.09. The van der Waals surface area contributed by atoms with Crippen LogP contribution in [0.1, 0.15) is 33.9 Å². The summed E-state index contributed by atoms with van der Waals surface area (Å²) in [6.07, 6.45) is -3.27. The molecule has 2 N–H and O–H groups in total. The van der Waals surface area contributed by atoms with Gasteiger partial charge < -0.3 is 10.6 Å². The minimum Gasteiger partial charge on any atom is -0.368 e. The zero-order chi connectivity index (χ0) is 19.5. The molecule has 2 aliphatic rings. The molecule has 5 nitrogen and oxygen atoms in total. The number of likely N-dealkylation sites (tertiary alicyclic amines) is 1. The average Bonchev–Trinajstić information content (AvgIpc) is 3.08. The van der Waals surface area contributed by atoms with Gasteiger partial charge in [-0.2, -0.15) is 13.2 Å². The molecule has 1 aliphatic carbocycles. The van der Waals surface area contributed by atoms with Gasteiger partial charge in [0, 0.05) is 11.6 Å². The maximum atomic E-state index is 13.4. The van der Waals surface area contributed by atoms with Crippen molar-refractivity contribution >= 4 is 23.2 Å². The number of fused-ring (bicyclic) bond motifs is 1. The molecule has 3 atom stereocenters. The van der Waals surface area contributed by atoms with Gasteiger partial charge in [-0.05, 0) is 31.7 Å². The number of nitrogens with zero attached hydrogens (tertiary/aromatic N) is 2. The summed E-state index contributed by atoms with van der Waals surface area (Å²) in [5, 5.41) is 0.479. The highest BCUT2D eigenvalue weighted by Gasteiger charge is 2.56. The van der Waals surface area contributed by atoms with Crippen LogP contribution < -0.4 is 5.73 Å². The number of thiazole rings is 1. The van der Waals surface area contributed by atoms with E-state index in [1.807, 2.05) is 0 Å². The Hall–Kier alpha value is -2.42. The van der Waals surface area contributed by atoms with Crippen molar-refractivity contribution in [2.45, 2.75) is 38.0 Å². The number of benzene rings is 1. The lowest BCUT2D eigenvalue weighted by Gasteiger charge is -2.25. The first-order chi connectivity index (χ1) is 12.7. The van der Waals surface area contributed by atoms with Crippen LogP contribution in [0.15, 0.2) is 24.3 Å². The van der Waals surface area contributed by atoms with Crippen LogP contribution >= 0.6 is 11.3 Å². The highest BCUT2D eigenvalue weighted by atomic mass is 32.1. The van der Waals surface area contributed by atoms with Gasteiger partial charge in [-0.25, -0.2) is 4.98 Å². The highest BCUT2D eigenvalue weighted by molar-refractivity contribution is 7.15. The first-order valence-electron chi connectivity index (χ1n) is 8.44. The second-order valence-electron chi connectivity index (χ2n) is 6.88. The molecule has 0 spiro atoms. The fourth-order valence-corrected chi connectivity index (χ4v) is 4.76. The predicted octanol–water partition coefficient (Wildman–Crippen LogP) is 3.23. The smallest absolute Gasteiger partial charge is 0.368 e. The van der Waals surface area contributed by atoms with Gasteiger partial charge in [-0.1, -0.05) is 18.2 Å². The van der Waals surface area contributed by atoms with Gasteiger partial charge in [-0.3, -0.25) is 9.59 Å². The summed E-state index contributed by atoms with van der Waals surface area (Å²) in [6.45, 7) is 1.64. The van der Waals surface area contributed by atoms with Gasteiger partial charge in [-0.15, -0.1) is 11.3 Å². The zero-order valence-corrected chi connectivity index (χ0v) is 15.1. The van der Waals surface area contributed by atoms with E-state index in [0.29, 0.717) is 11.4 Å². The number of amides is 2. The molecule has 0 radical (unpaired) electrons. The van der Waals surface area contributed by atoms with E-state index in [1.54, 1.807) is 6.92 Å². The van der Waals surface area contributed by atoms with Crippen LogP contribution in [-0.2, 0) is 11.0 Å². The molecule has 1 saturated heterocycles. The molecule has 1 aromatic heterocycles. The standard InChI is InChI=1S/C18H16F3N3O2S/c1-8-23-14(17(26)24-12-6-9(12)7-13(24)16(22)25)15(27-8)10-4-2-3-5-11(10)18(19,20)21/h2-5,9,12-13H,6-7H2,1H3,(H2,22,25)/t9-,12-,13-/m0/s1. The van der Waals surface area contributed by atoms with Crippen LogP contribution in [0.2, 0.25) is 0 Å². The van der Waals surface area contributed by atoms with Crippen LogP contribution in [0.4, 0.5) is 13.2 Å². The third-order valence-corrected chi connectivity index (χ3v) is 6.09. The Labute approximate surface area is 157 Å². The van der Waals surface area contributed by atoms with Crippen molar-refractivity contribution < 1.29 is 22.8 Å². The first-order valence-corrected chi connectivity index (χ1v) is 9.26. The predicted molar refractivity (Wildman–Crippen MR) is 93.0 cm³/mol. The molecule has 1 aromatic carbocycles. The Morgan fingerprint density at radius 3 is 2.63 bits per heavy atom. The summed E-state index contributed by atoms with van der Waals surface area (Å²) in [4.78, 5) is 30.7. The van der Waals surface area contributed by atoms with Crippen molar-refractivity contribution in [1.82, 2.24) is 9.88 Å². The number of hydrogen-bond donors (Lipinski definition) is 1. The van der Waals surface area contributed by atoms with Gasteiger partial charge >= 0.3 is 6.18 Å². The molecule has 27 heavy (non-hydrogen) atoms. The summed E-state index contributed by atoms with van der Waals surface area (Å²) in [5.74, 6) is -0.892. The second kappa shape index (κ2) is 6.05. The Morgan fingerprint density at radius 1 is 1.26 bits per heavy atom. The highest BCUT2D eigenvalue weighted by Crippen LogP contribution is 2.49. The fraction of sp³-hybridized carbons (Fsp3) is 0.389. The van der Waals surface area contributed by atoms with E-state index in [-0.39, 0.29) is 28.1 Å². The molecular weight excluding hydrogens is 379 g/mol. The number of halogens is 3. The van der Waals surface area contributed by atoms with Crippen LogP contribution in [0.5, 0.6) is 0 Å². The number of hydrogen-bond acceptors (Lipinski definition) is 4. The van der Waals surface area contributed by atoms with Crippen molar-refractivity contribution in [3.63, 3.8) is 0 Å². The minimum absolute atomic E-state index is 0.0481. The molecule has 0 bridgehead atoms. The molecule has 2 aromatic rings. The largest absolute Gasteiger partial charge is 0.417 e. The maximum Gasteiger partial charge on any atom is 0.417 e. The number of carbonyl (C=O) groups is 2. The topological polar surface area (TPSA) is 76.3 Å². The third kappa shape index (κ3) is 2.99. The van der Waals surface area contributed by atoms with Gasteiger partial charge in [0.25, 0.3) is 5.91 Å². The number of rotatable bonds is 3. The average molecular weight is 395 g/mol. The maximum absolute atomic E-state index is 13.4. The molecule has 2 fully saturated rings. The minimum atomic E-state index is -4.56. The van der Waals surface area contributed by atoms with Gasteiger partial charge in [0.05, 0.1) is 15.4 Å². The van der Waals surface area contributed by atoms with Crippen molar-refractivity contribution in [3.05, 3.63) is 40.5 Å². The van der Waals surface area contributed by atoms with E-state index in [9.17, 15) is 22.8 Å². The summed E-state index contributed by atoms with van der Waals surface area (Å²) < 4.78 is 40.3. The van der Waals surface area contributed by atoms with Gasteiger partial charge in [0.1, 0.15) is 11.7 Å². The monoisotopic (exact) mass is 395 g/mol. The van der Waals surface area contributed by atoms with Crippen LogP contribution in [-0.4, -0.2) is 33.8 Å². The molecule has 142 valence electrons. The van der Waals surface area contributed by atoms with Gasteiger partial charge in [0.2, 0.25) is 5.91 Å². The molecular formula is C18H16F3N3O2S. The zero-order valence-electron chi connectivity index (χ0n) is 14.3. The Morgan fingerprint density at radius 2 is 1.96 bits per heavy atom. The van der Waals surface area contributed by atoms with E-state index in [2.05, 4.69) is 4.98 Å². The van der Waals surface area contributed by atoms with Crippen molar-refractivity contribution in [1.29, 1.82) is 0 Å². The summed E-state index contributed by atoms with van der Waals surface area (Å²) in [5.41, 5.74) is 4.47. The molecule has 9 heteroatoms. The van der Waals surface area contributed by atoms with Gasteiger partial charge in [0.15, 0.2) is 0 Å². The lowest BCUT2D eigenvalue weighted by atomic mass is 10.0. The fourth-order valence-electron chi connectivity index (χ4n) is 3.81. The number of primary amides is 1. The van der Waals surface area contributed by atoms with E-state index in [1.165, 1.54) is 23.1 Å². The summed E-state index contributed by atoms with van der Waals surface area (Å²) in [7, 11) is 0. The van der Waals surface area contributed by atoms with Crippen LogP contribution in [0.3, 0.4) is 0 Å². The lowest BCUT2D eigenvalue weighted by Crippen LogP contribution is -2.46. The Bertz CT molecular complexity index is 940. The lowest BCUT2D eigenvalue weighted by molar-refractivity contribution is -0.137. The van der Waals surface area contributed by atoms with E-state index in [4.69, 9.17) is 5.73 Å².